The van der Waals surface area contributed by atoms with E-state index in [4.69, 9.17) is 0 Å². The molecule has 0 atom stereocenters. The van der Waals surface area contributed by atoms with Crippen molar-refractivity contribution in [2.45, 2.75) is 30.2 Å². The highest BCUT2D eigenvalue weighted by molar-refractivity contribution is 7.89. The molecule has 0 aliphatic carbocycles. The minimum absolute atomic E-state index is 0.00608. The largest absolute Gasteiger partial charge is 0.322 e. The van der Waals surface area contributed by atoms with E-state index >= 15 is 0 Å². The van der Waals surface area contributed by atoms with Gasteiger partial charge in [0.15, 0.2) is 0 Å². The molecule has 10 heteroatoms. The van der Waals surface area contributed by atoms with E-state index in [1.807, 2.05) is 30.3 Å². The summed E-state index contributed by atoms with van der Waals surface area (Å²) in [5.74, 6) is -0.564. The van der Waals surface area contributed by atoms with Gasteiger partial charge in [0.1, 0.15) is 0 Å². The van der Waals surface area contributed by atoms with Crippen LogP contribution >= 0.6 is 0 Å². The minimum atomic E-state index is -3.87. The van der Waals surface area contributed by atoms with Crippen molar-refractivity contribution in [1.82, 2.24) is 9.44 Å². The lowest BCUT2D eigenvalue weighted by Crippen LogP contribution is -2.24. The first-order chi connectivity index (χ1) is 15.5. The lowest BCUT2D eigenvalue weighted by atomic mass is 10.1. The summed E-state index contributed by atoms with van der Waals surface area (Å²) < 4.78 is 54.9. The number of amides is 1. The molecule has 1 amide bonds. The second-order valence-electron chi connectivity index (χ2n) is 7.43. The maximum atomic E-state index is 12.9. The molecule has 3 aromatic rings. The maximum Gasteiger partial charge on any atom is 0.255 e. The first-order valence-corrected chi connectivity index (χ1v) is 13.0. The van der Waals surface area contributed by atoms with Crippen molar-refractivity contribution in [1.29, 1.82) is 0 Å². The number of sulfonamides is 2. The van der Waals surface area contributed by atoms with Crippen LogP contribution in [-0.4, -0.2) is 29.8 Å². The topological polar surface area (TPSA) is 121 Å². The number of hydrogen-bond donors (Lipinski definition) is 3. The summed E-state index contributed by atoms with van der Waals surface area (Å²) in [7, 11) is -6.27. The van der Waals surface area contributed by atoms with Gasteiger partial charge in [0.05, 0.1) is 9.79 Å². The van der Waals surface area contributed by atoms with Crippen LogP contribution < -0.4 is 14.8 Å². The number of benzene rings is 3. The SMILES string of the molecule is CNS(=O)(=O)c1cc(NC(=O)c2ccc(C)c(S(=O)(=O)NCc3ccccc3)c2)ccc1C. The maximum absolute atomic E-state index is 12.9. The number of aryl methyl sites for hydroxylation is 2. The van der Waals surface area contributed by atoms with Gasteiger partial charge >= 0.3 is 0 Å². The summed E-state index contributed by atoms with van der Waals surface area (Å²) in [4.78, 5) is 12.8. The third-order valence-electron chi connectivity index (χ3n) is 5.05. The minimum Gasteiger partial charge on any atom is -0.322 e. The second kappa shape index (κ2) is 9.84. The Hall–Kier alpha value is -3.05. The average molecular weight is 488 g/mol. The normalized spacial score (nSPS) is 11.8. The van der Waals surface area contributed by atoms with Gasteiger partial charge in [-0.1, -0.05) is 42.5 Å². The molecule has 0 bridgehead atoms. The van der Waals surface area contributed by atoms with Gasteiger partial charge in [0, 0.05) is 17.8 Å². The predicted octanol–water partition coefficient (Wildman–Crippen LogP) is 2.94. The molecule has 174 valence electrons. The second-order valence-corrected chi connectivity index (χ2v) is 11.0. The molecule has 3 N–H and O–H groups in total. The molecule has 0 saturated heterocycles. The van der Waals surface area contributed by atoms with Gasteiger partial charge in [-0.2, -0.15) is 0 Å². The Bertz CT molecular complexity index is 1390. The molecule has 0 heterocycles. The molecule has 0 aliphatic rings. The molecule has 3 aromatic carbocycles. The van der Waals surface area contributed by atoms with E-state index in [0.29, 0.717) is 11.1 Å². The van der Waals surface area contributed by atoms with Crippen molar-refractivity contribution in [3.63, 3.8) is 0 Å². The molecule has 0 aliphatic heterocycles. The van der Waals surface area contributed by atoms with E-state index in [9.17, 15) is 21.6 Å². The van der Waals surface area contributed by atoms with E-state index in [1.165, 1.54) is 25.2 Å². The molecule has 0 spiro atoms. The Morgan fingerprint density at radius 3 is 2.03 bits per heavy atom. The van der Waals surface area contributed by atoms with Crippen LogP contribution in [0.15, 0.2) is 76.5 Å². The standard InChI is InChI=1S/C23H25N3O5S2/c1-16-9-11-19(13-21(16)33(30,31)25-15-18-7-5-4-6-8-18)23(27)26-20-12-10-17(2)22(14-20)32(28,29)24-3/h4-14,24-25H,15H2,1-3H3,(H,26,27). The molecule has 0 radical (unpaired) electrons. The van der Waals surface area contributed by atoms with Crippen LogP contribution in [0, 0.1) is 13.8 Å². The van der Waals surface area contributed by atoms with Gasteiger partial charge in [0.25, 0.3) is 5.91 Å². The van der Waals surface area contributed by atoms with Crippen molar-refractivity contribution in [2.75, 3.05) is 12.4 Å². The Morgan fingerprint density at radius 2 is 1.39 bits per heavy atom. The van der Waals surface area contributed by atoms with Crippen molar-refractivity contribution < 1.29 is 21.6 Å². The molecule has 8 nitrogen and oxygen atoms in total. The van der Waals surface area contributed by atoms with Gasteiger partial charge in [-0.15, -0.1) is 0 Å². The summed E-state index contributed by atoms with van der Waals surface area (Å²) in [6.45, 7) is 3.41. The van der Waals surface area contributed by atoms with Crippen molar-refractivity contribution in [3.8, 4) is 0 Å². The zero-order valence-corrected chi connectivity index (χ0v) is 20.0. The third kappa shape index (κ3) is 5.85. The van der Waals surface area contributed by atoms with Gasteiger partial charge < -0.3 is 5.32 Å². The fourth-order valence-corrected chi connectivity index (χ4v) is 5.44. The summed E-state index contributed by atoms with van der Waals surface area (Å²) >= 11 is 0. The number of hydrogen-bond acceptors (Lipinski definition) is 5. The highest BCUT2D eigenvalue weighted by Gasteiger charge is 2.20. The highest BCUT2D eigenvalue weighted by atomic mass is 32.2. The Morgan fingerprint density at radius 1 is 0.788 bits per heavy atom. The molecule has 0 saturated carbocycles. The van der Waals surface area contributed by atoms with Gasteiger partial charge in [-0.25, -0.2) is 26.3 Å². The highest BCUT2D eigenvalue weighted by Crippen LogP contribution is 2.22. The molecule has 0 aromatic heterocycles. The fourth-order valence-electron chi connectivity index (χ4n) is 3.16. The summed E-state index contributed by atoms with van der Waals surface area (Å²) in [5, 5.41) is 2.63. The van der Waals surface area contributed by atoms with E-state index in [0.717, 1.165) is 5.56 Å². The monoisotopic (exact) mass is 487 g/mol. The van der Waals surface area contributed by atoms with Crippen LogP contribution in [0.1, 0.15) is 27.0 Å². The van der Waals surface area contributed by atoms with Crippen LogP contribution in [0.3, 0.4) is 0 Å². The summed E-state index contributed by atoms with van der Waals surface area (Å²) in [6.07, 6.45) is 0. The van der Waals surface area contributed by atoms with Crippen LogP contribution in [0.5, 0.6) is 0 Å². The average Bonchev–Trinajstić information content (AvgIpc) is 2.79. The lowest BCUT2D eigenvalue weighted by molar-refractivity contribution is 0.102. The van der Waals surface area contributed by atoms with Crippen LogP contribution in [-0.2, 0) is 26.6 Å². The van der Waals surface area contributed by atoms with Crippen LogP contribution in [0.4, 0.5) is 5.69 Å². The first-order valence-electron chi connectivity index (χ1n) is 10.0. The number of anilines is 1. The van der Waals surface area contributed by atoms with Crippen molar-refractivity contribution >= 4 is 31.6 Å². The summed E-state index contributed by atoms with van der Waals surface area (Å²) in [5.41, 5.74) is 2.21. The Kier molecular flexibility index (Phi) is 7.33. The number of carbonyl (C=O) groups excluding carboxylic acids is 1. The van der Waals surface area contributed by atoms with E-state index in [1.54, 1.807) is 32.0 Å². The van der Waals surface area contributed by atoms with Gasteiger partial charge in [-0.3, -0.25) is 4.79 Å². The quantitative estimate of drug-likeness (QED) is 0.451. The van der Waals surface area contributed by atoms with E-state index in [-0.39, 0.29) is 27.6 Å². The molecule has 33 heavy (non-hydrogen) atoms. The number of nitrogens with one attached hydrogen (secondary N) is 3. The number of carbonyl (C=O) groups is 1. The zero-order valence-electron chi connectivity index (χ0n) is 18.4. The fraction of sp³-hybridized carbons (Fsp3) is 0.174. The summed E-state index contributed by atoms with van der Waals surface area (Å²) in [6, 6.07) is 18.0. The number of rotatable bonds is 8. The molecular formula is C23H25N3O5S2. The van der Waals surface area contributed by atoms with Crippen molar-refractivity contribution in [3.05, 3.63) is 89.0 Å². The van der Waals surface area contributed by atoms with Gasteiger partial charge in [0.2, 0.25) is 20.0 Å². The molecule has 0 fully saturated rings. The third-order valence-corrected chi connectivity index (χ3v) is 8.15. The zero-order chi connectivity index (χ0) is 24.2. The van der Waals surface area contributed by atoms with E-state index in [2.05, 4.69) is 14.8 Å². The van der Waals surface area contributed by atoms with Crippen LogP contribution in [0.25, 0.3) is 0 Å². The molecule has 3 rings (SSSR count). The Balaban J connectivity index is 1.84. The predicted molar refractivity (Wildman–Crippen MR) is 127 cm³/mol. The van der Waals surface area contributed by atoms with Crippen LogP contribution in [0.2, 0.25) is 0 Å². The lowest BCUT2D eigenvalue weighted by Gasteiger charge is -2.13. The smallest absolute Gasteiger partial charge is 0.255 e. The Labute approximate surface area is 194 Å². The first kappa shape index (κ1) is 24.6. The van der Waals surface area contributed by atoms with Crippen molar-refractivity contribution in [2.24, 2.45) is 0 Å². The van der Waals surface area contributed by atoms with E-state index < -0.39 is 26.0 Å². The molecular weight excluding hydrogens is 462 g/mol. The molecule has 0 unspecified atom stereocenters. The van der Waals surface area contributed by atoms with Gasteiger partial charge in [-0.05, 0) is 61.9 Å².